The molecule has 0 atom stereocenters. The fourth-order valence-electron chi connectivity index (χ4n) is 2.06. The van der Waals surface area contributed by atoms with Crippen LogP contribution >= 0.6 is 11.8 Å². The minimum absolute atomic E-state index is 0.115. The minimum Gasteiger partial charge on any atom is -0.469 e. The monoisotopic (exact) mass is 385 g/mol. The van der Waals surface area contributed by atoms with Gasteiger partial charge in [-0.3, -0.25) is 0 Å². The van der Waals surface area contributed by atoms with Crippen LogP contribution in [0.25, 0.3) is 11.4 Å². The molecule has 0 saturated heterocycles. The number of nitrogens with zero attached hydrogens (tertiary/aromatic N) is 6. The van der Waals surface area contributed by atoms with E-state index in [9.17, 15) is 13.2 Å². The van der Waals surface area contributed by atoms with Gasteiger partial charge in [-0.2, -0.15) is 13.2 Å². The Bertz CT molecular complexity index is 935. The van der Waals surface area contributed by atoms with Gasteiger partial charge in [0.15, 0.2) is 16.7 Å². The second-order valence-corrected chi connectivity index (χ2v) is 6.39. The highest BCUT2D eigenvalue weighted by Crippen LogP contribution is 2.33. The predicted octanol–water partition coefficient (Wildman–Crippen LogP) is 2.59. The molecule has 0 unspecified atom stereocenters. The van der Waals surface area contributed by atoms with Gasteiger partial charge < -0.3 is 15.2 Å². The summed E-state index contributed by atoms with van der Waals surface area (Å²) in [6, 6.07) is 2.54. The summed E-state index contributed by atoms with van der Waals surface area (Å²) in [6.07, 6.45) is -3.12. The van der Waals surface area contributed by atoms with Crippen molar-refractivity contribution >= 4 is 17.6 Å². The quantitative estimate of drug-likeness (QED) is 0.540. The van der Waals surface area contributed by atoms with E-state index >= 15 is 0 Å². The van der Waals surface area contributed by atoms with E-state index in [1.165, 1.54) is 11.2 Å². The highest BCUT2D eigenvalue weighted by atomic mass is 32.2. The van der Waals surface area contributed by atoms with E-state index in [0.29, 0.717) is 17.1 Å². The summed E-state index contributed by atoms with van der Waals surface area (Å²) in [5.74, 6) is 7.00. The fourth-order valence-corrected chi connectivity index (χ4v) is 2.77. The van der Waals surface area contributed by atoms with Crippen molar-refractivity contribution in [3.8, 4) is 11.4 Å². The lowest BCUT2D eigenvalue weighted by Gasteiger charge is -2.14. The molecule has 0 spiro atoms. The molecule has 2 N–H and O–H groups in total. The molecule has 0 amide bonds. The van der Waals surface area contributed by atoms with E-state index in [-0.39, 0.29) is 16.1 Å². The zero-order valence-corrected chi connectivity index (χ0v) is 14.8. The Morgan fingerprint density at radius 2 is 1.96 bits per heavy atom. The lowest BCUT2D eigenvalue weighted by molar-refractivity contribution is -0.141. The van der Waals surface area contributed by atoms with Crippen molar-refractivity contribution in [3.63, 3.8) is 0 Å². The first-order valence-corrected chi connectivity index (χ1v) is 8.05. The highest BCUT2D eigenvalue weighted by Gasteiger charge is 2.34. The number of alkyl halides is 3. The lowest BCUT2D eigenvalue weighted by Crippen LogP contribution is -2.16. The summed E-state index contributed by atoms with van der Waals surface area (Å²) in [5, 5.41) is 7.87. The Morgan fingerprint density at radius 1 is 1.23 bits per heavy atom. The van der Waals surface area contributed by atoms with E-state index < -0.39 is 11.9 Å². The molecule has 138 valence electrons. The number of aromatic nitrogens is 5. The van der Waals surface area contributed by atoms with Crippen LogP contribution in [0, 0.1) is 6.92 Å². The molecule has 8 nitrogen and oxygen atoms in total. The molecule has 0 aliphatic rings. The van der Waals surface area contributed by atoms with Gasteiger partial charge in [0.25, 0.3) is 0 Å². The molecule has 0 aliphatic heterocycles. The first-order chi connectivity index (χ1) is 12.2. The average molecular weight is 385 g/mol. The average Bonchev–Trinajstić information content (AvgIpc) is 3.12. The maximum absolute atomic E-state index is 13.1. The Morgan fingerprint density at radius 3 is 2.54 bits per heavy atom. The SMILES string of the molecule is Cc1occc1-c1nnc(Sc2nc(N(C)C)cc(C(F)(F)F)n2)n1N. The van der Waals surface area contributed by atoms with Gasteiger partial charge in [-0.15, -0.1) is 10.2 Å². The van der Waals surface area contributed by atoms with Crippen LogP contribution in [-0.4, -0.2) is 38.9 Å². The molecule has 3 rings (SSSR count). The van der Waals surface area contributed by atoms with Crippen LogP contribution in [0.1, 0.15) is 11.5 Å². The fraction of sp³-hybridized carbons (Fsp3) is 0.286. The Labute approximate surface area is 150 Å². The molecule has 0 radical (unpaired) electrons. The van der Waals surface area contributed by atoms with E-state index in [1.807, 2.05) is 0 Å². The molecular weight excluding hydrogens is 371 g/mol. The van der Waals surface area contributed by atoms with E-state index in [1.54, 1.807) is 27.1 Å². The van der Waals surface area contributed by atoms with Gasteiger partial charge in [-0.05, 0) is 24.8 Å². The predicted molar refractivity (Wildman–Crippen MR) is 88.1 cm³/mol. The number of anilines is 1. The number of hydrogen-bond donors (Lipinski definition) is 1. The third-order valence-electron chi connectivity index (χ3n) is 3.39. The maximum atomic E-state index is 13.1. The van der Waals surface area contributed by atoms with Crippen LogP contribution < -0.4 is 10.7 Å². The molecule has 3 heterocycles. The summed E-state index contributed by atoms with van der Waals surface area (Å²) in [5.41, 5.74) is -0.418. The van der Waals surface area contributed by atoms with Crippen molar-refractivity contribution in [1.29, 1.82) is 0 Å². The van der Waals surface area contributed by atoms with E-state index in [4.69, 9.17) is 10.3 Å². The molecule has 12 heteroatoms. The van der Waals surface area contributed by atoms with E-state index in [0.717, 1.165) is 22.5 Å². The van der Waals surface area contributed by atoms with Gasteiger partial charge >= 0.3 is 6.18 Å². The third kappa shape index (κ3) is 3.45. The third-order valence-corrected chi connectivity index (χ3v) is 4.21. The largest absolute Gasteiger partial charge is 0.469 e. The van der Waals surface area contributed by atoms with Crippen molar-refractivity contribution in [1.82, 2.24) is 24.8 Å². The van der Waals surface area contributed by atoms with Crippen molar-refractivity contribution in [2.24, 2.45) is 0 Å². The molecular formula is C14H14F3N7OS. The van der Waals surface area contributed by atoms with Crippen LogP contribution in [0.4, 0.5) is 19.0 Å². The van der Waals surface area contributed by atoms with E-state index in [2.05, 4.69) is 20.2 Å². The highest BCUT2D eigenvalue weighted by molar-refractivity contribution is 7.99. The second kappa shape index (κ2) is 6.52. The van der Waals surface area contributed by atoms with Gasteiger partial charge in [-0.1, -0.05) is 0 Å². The number of furan rings is 1. The number of nitrogen functional groups attached to an aromatic ring is 1. The van der Waals surface area contributed by atoms with Crippen LogP contribution in [0.3, 0.4) is 0 Å². The standard InChI is InChI=1S/C14H14F3N7OS/c1-7-8(4-5-25-7)11-21-22-13(24(11)18)26-12-19-9(14(15,16)17)6-10(20-12)23(2)3/h4-6H,18H2,1-3H3. The zero-order chi connectivity index (χ0) is 19.1. The van der Waals surface area contributed by atoms with Gasteiger partial charge in [0.1, 0.15) is 11.6 Å². The number of nitrogens with two attached hydrogens (primary N) is 1. The normalized spacial score (nSPS) is 11.8. The summed E-state index contributed by atoms with van der Waals surface area (Å²) in [7, 11) is 3.17. The van der Waals surface area contributed by atoms with Crippen LogP contribution in [0.2, 0.25) is 0 Å². The number of hydrogen-bond acceptors (Lipinski definition) is 8. The smallest absolute Gasteiger partial charge is 0.433 e. The number of aryl methyl sites for hydroxylation is 1. The second-order valence-electron chi connectivity index (χ2n) is 5.45. The van der Waals surface area contributed by atoms with Crippen molar-refractivity contribution in [2.45, 2.75) is 23.4 Å². The molecule has 0 aromatic carbocycles. The summed E-state index contributed by atoms with van der Waals surface area (Å²) in [6.45, 7) is 1.73. The summed E-state index contributed by atoms with van der Waals surface area (Å²) in [4.78, 5) is 9.11. The molecule has 3 aromatic heterocycles. The van der Waals surface area contributed by atoms with Crippen molar-refractivity contribution in [3.05, 3.63) is 29.9 Å². The molecule has 0 fully saturated rings. The van der Waals surface area contributed by atoms with Crippen molar-refractivity contribution in [2.75, 3.05) is 24.8 Å². The maximum Gasteiger partial charge on any atom is 0.433 e. The molecule has 0 bridgehead atoms. The topological polar surface area (TPSA) is 98.9 Å². The summed E-state index contributed by atoms with van der Waals surface area (Å²) < 4.78 is 45.6. The first kappa shape index (κ1) is 18.0. The van der Waals surface area contributed by atoms with Crippen LogP contribution in [-0.2, 0) is 6.18 Å². The van der Waals surface area contributed by atoms with Gasteiger partial charge in [0, 0.05) is 20.2 Å². The number of halogens is 3. The van der Waals surface area contributed by atoms with Crippen LogP contribution in [0.5, 0.6) is 0 Å². The van der Waals surface area contributed by atoms with Gasteiger partial charge in [0.05, 0.1) is 11.8 Å². The lowest BCUT2D eigenvalue weighted by atomic mass is 10.2. The first-order valence-electron chi connectivity index (χ1n) is 7.23. The Kier molecular flexibility index (Phi) is 4.52. The molecule has 0 aliphatic carbocycles. The minimum atomic E-state index is -4.60. The number of rotatable bonds is 4. The van der Waals surface area contributed by atoms with Gasteiger partial charge in [0.2, 0.25) is 5.16 Å². The van der Waals surface area contributed by atoms with Crippen molar-refractivity contribution < 1.29 is 17.6 Å². The summed E-state index contributed by atoms with van der Waals surface area (Å²) >= 11 is 0.785. The molecule has 0 saturated carbocycles. The zero-order valence-electron chi connectivity index (χ0n) is 13.9. The molecule has 3 aromatic rings. The van der Waals surface area contributed by atoms with Gasteiger partial charge in [-0.25, -0.2) is 14.6 Å². The van der Waals surface area contributed by atoms with Crippen LogP contribution in [0.15, 0.2) is 33.1 Å². The Hall–Kier alpha value is -2.76. The Balaban J connectivity index is 1.98. The molecule has 26 heavy (non-hydrogen) atoms.